The molecule has 30 heavy (non-hydrogen) atoms. The maximum Gasteiger partial charge on any atom is 0.311 e. The minimum absolute atomic E-state index is 0.124. The number of aryl methyl sites for hydroxylation is 2. The summed E-state index contributed by atoms with van der Waals surface area (Å²) in [4.78, 5) is 11.7. The molecule has 1 aromatic carbocycles. The van der Waals surface area contributed by atoms with Gasteiger partial charge in [-0.1, -0.05) is 103 Å². The van der Waals surface area contributed by atoms with Gasteiger partial charge in [0.15, 0.2) is 0 Å². The van der Waals surface area contributed by atoms with E-state index in [0.29, 0.717) is 6.42 Å². The first-order valence-corrected chi connectivity index (χ1v) is 12.9. The minimum Gasteiger partial charge on any atom is -0.426 e. The normalized spacial score (nSPS) is 19.0. The van der Waals surface area contributed by atoms with E-state index in [9.17, 15) is 4.79 Å². The summed E-state index contributed by atoms with van der Waals surface area (Å²) in [5, 5.41) is 0. The van der Waals surface area contributed by atoms with E-state index in [1.54, 1.807) is 0 Å². The molecular weight excluding hydrogens is 368 g/mol. The topological polar surface area (TPSA) is 26.3 Å². The highest BCUT2D eigenvalue weighted by atomic mass is 16.5. The first-order chi connectivity index (χ1) is 14.6. The Morgan fingerprint density at radius 1 is 0.867 bits per heavy atom. The molecule has 170 valence electrons. The van der Waals surface area contributed by atoms with Crippen molar-refractivity contribution in [3.63, 3.8) is 0 Å². The third-order valence-electron chi connectivity index (χ3n) is 6.94. The second-order valence-electron chi connectivity index (χ2n) is 9.66. The molecule has 1 aliphatic carbocycles. The summed E-state index contributed by atoms with van der Waals surface area (Å²) in [7, 11) is 0. The Morgan fingerprint density at radius 2 is 1.50 bits per heavy atom. The van der Waals surface area contributed by atoms with Crippen LogP contribution in [0.1, 0.15) is 121 Å². The second-order valence-corrected chi connectivity index (χ2v) is 9.66. The second kappa shape index (κ2) is 14.7. The standard InChI is InChI=1S/C28H46O2/c1-4-6-7-8-9-10-11-13-24-14-16-25(17-15-24)18-19-26-20-21-27(23(3)22-26)30-28(29)12-5-2/h20-22,24-25H,4-19H2,1-3H3/t24-,25-. The number of hydrogen-bond donors (Lipinski definition) is 0. The van der Waals surface area contributed by atoms with E-state index in [0.717, 1.165) is 36.0 Å². The molecule has 1 saturated carbocycles. The van der Waals surface area contributed by atoms with Gasteiger partial charge < -0.3 is 4.74 Å². The molecule has 2 rings (SSSR count). The summed E-state index contributed by atoms with van der Waals surface area (Å²) in [5.41, 5.74) is 2.46. The van der Waals surface area contributed by atoms with Crippen molar-refractivity contribution in [2.75, 3.05) is 0 Å². The zero-order valence-corrected chi connectivity index (χ0v) is 20.0. The maximum absolute atomic E-state index is 11.7. The van der Waals surface area contributed by atoms with E-state index in [2.05, 4.69) is 19.1 Å². The van der Waals surface area contributed by atoms with Gasteiger partial charge in [-0.15, -0.1) is 0 Å². The molecule has 0 unspecified atom stereocenters. The van der Waals surface area contributed by atoms with Crippen LogP contribution in [-0.2, 0) is 11.2 Å². The van der Waals surface area contributed by atoms with E-state index in [1.807, 2.05) is 19.9 Å². The molecule has 0 bridgehead atoms. The van der Waals surface area contributed by atoms with Crippen molar-refractivity contribution in [1.82, 2.24) is 0 Å². The molecule has 1 aromatic rings. The Kier molecular flexibility index (Phi) is 12.2. The molecule has 0 aliphatic heterocycles. The van der Waals surface area contributed by atoms with Crippen LogP contribution in [0.15, 0.2) is 18.2 Å². The number of esters is 1. The fraction of sp³-hybridized carbons (Fsp3) is 0.750. The van der Waals surface area contributed by atoms with Gasteiger partial charge in [0, 0.05) is 6.42 Å². The quantitative estimate of drug-likeness (QED) is 0.173. The highest BCUT2D eigenvalue weighted by molar-refractivity contribution is 5.72. The van der Waals surface area contributed by atoms with Gasteiger partial charge in [0.2, 0.25) is 0 Å². The van der Waals surface area contributed by atoms with Crippen LogP contribution in [-0.4, -0.2) is 5.97 Å². The predicted molar refractivity (Wildman–Crippen MR) is 128 cm³/mol. The van der Waals surface area contributed by atoms with Crippen LogP contribution < -0.4 is 4.74 Å². The van der Waals surface area contributed by atoms with Crippen molar-refractivity contribution in [3.8, 4) is 5.75 Å². The first-order valence-electron chi connectivity index (χ1n) is 12.9. The molecule has 0 spiro atoms. The number of benzene rings is 1. The summed E-state index contributed by atoms with van der Waals surface area (Å²) in [6, 6.07) is 6.34. The average molecular weight is 415 g/mol. The molecule has 0 aromatic heterocycles. The van der Waals surface area contributed by atoms with Gasteiger partial charge in [-0.2, -0.15) is 0 Å². The lowest BCUT2D eigenvalue weighted by molar-refractivity contribution is -0.134. The molecule has 1 aliphatic rings. The monoisotopic (exact) mass is 414 g/mol. The van der Waals surface area contributed by atoms with Crippen molar-refractivity contribution >= 4 is 5.97 Å². The van der Waals surface area contributed by atoms with Crippen LogP contribution in [0.2, 0.25) is 0 Å². The van der Waals surface area contributed by atoms with E-state index >= 15 is 0 Å². The number of carbonyl (C=O) groups excluding carboxylic acids is 1. The summed E-state index contributed by atoms with van der Waals surface area (Å²) in [6.07, 6.45) is 21.0. The fourth-order valence-corrected chi connectivity index (χ4v) is 4.93. The number of ether oxygens (including phenoxy) is 1. The van der Waals surface area contributed by atoms with Gasteiger partial charge in [-0.3, -0.25) is 4.79 Å². The van der Waals surface area contributed by atoms with Crippen LogP contribution in [0.25, 0.3) is 0 Å². The molecular formula is C28H46O2. The zero-order chi connectivity index (χ0) is 21.6. The smallest absolute Gasteiger partial charge is 0.311 e. The lowest BCUT2D eigenvalue weighted by Crippen LogP contribution is -2.15. The highest BCUT2D eigenvalue weighted by Crippen LogP contribution is 2.34. The molecule has 0 atom stereocenters. The van der Waals surface area contributed by atoms with Gasteiger partial charge in [0.05, 0.1) is 0 Å². The third-order valence-corrected chi connectivity index (χ3v) is 6.94. The Balaban J connectivity index is 1.60. The summed E-state index contributed by atoms with van der Waals surface area (Å²) in [5.74, 6) is 2.50. The van der Waals surface area contributed by atoms with E-state index in [4.69, 9.17) is 4.74 Å². The van der Waals surface area contributed by atoms with E-state index in [-0.39, 0.29) is 5.97 Å². The minimum atomic E-state index is -0.124. The van der Waals surface area contributed by atoms with E-state index < -0.39 is 0 Å². The Hall–Kier alpha value is -1.31. The number of carbonyl (C=O) groups is 1. The number of unbranched alkanes of at least 4 members (excludes halogenated alkanes) is 6. The predicted octanol–water partition coefficient (Wildman–Crippen LogP) is 8.58. The Bertz CT molecular complexity index is 599. The Morgan fingerprint density at radius 3 is 2.13 bits per heavy atom. The van der Waals surface area contributed by atoms with Gasteiger partial charge in [-0.05, 0) is 55.2 Å². The van der Waals surface area contributed by atoms with Crippen molar-refractivity contribution in [3.05, 3.63) is 29.3 Å². The van der Waals surface area contributed by atoms with Crippen LogP contribution in [0, 0.1) is 18.8 Å². The summed E-state index contributed by atoms with van der Waals surface area (Å²) < 4.78 is 5.47. The van der Waals surface area contributed by atoms with Crippen LogP contribution >= 0.6 is 0 Å². The number of hydrogen-bond acceptors (Lipinski definition) is 2. The van der Waals surface area contributed by atoms with Gasteiger partial charge in [-0.25, -0.2) is 0 Å². The van der Waals surface area contributed by atoms with Crippen molar-refractivity contribution < 1.29 is 9.53 Å². The molecule has 2 nitrogen and oxygen atoms in total. The number of rotatable bonds is 14. The van der Waals surface area contributed by atoms with Crippen LogP contribution in [0.4, 0.5) is 0 Å². The molecule has 1 fully saturated rings. The highest BCUT2D eigenvalue weighted by Gasteiger charge is 2.20. The summed E-state index contributed by atoms with van der Waals surface area (Å²) >= 11 is 0. The molecule has 0 heterocycles. The van der Waals surface area contributed by atoms with Gasteiger partial charge in [0.1, 0.15) is 5.75 Å². The van der Waals surface area contributed by atoms with Gasteiger partial charge in [0.25, 0.3) is 0 Å². The molecule has 2 heteroatoms. The fourth-order valence-electron chi connectivity index (χ4n) is 4.93. The lowest BCUT2D eigenvalue weighted by Gasteiger charge is -2.28. The molecule has 0 amide bonds. The first kappa shape index (κ1) is 25.0. The Labute approximate surface area is 186 Å². The van der Waals surface area contributed by atoms with E-state index in [1.165, 1.54) is 89.0 Å². The summed E-state index contributed by atoms with van der Waals surface area (Å²) in [6.45, 7) is 6.34. The maximum atomic E-state index is 11.7. The van der Waals surface area contributed by atoms with Crippen molar-refractivity contribution in [2.45, 2.75) is 124 Å². The molecule has 0 radical (unpaired) electrons. The largest absolute Gasteiger partial charge is 0.426 e. The van der Waals surface area contributed by atoms with Crippen molar-refractivity contribution in [2.24, 2.45) is 11.8 Å². The van der Waals surface area contributed by atoms with Crippen LogP contribution in [0.3, 0.4) is 0 Å². The third kappa shape index (κ3) is 9.67. The molecule has 0 N–H and O–H groups in total. The molecule has 0 saturated heterocycles. The average Bonchev–Trinajstić information content (AvgIpc) is 2.74. The van der Waals surface area contributed by atoms with Crippen molar-refractivity contribution in [1.29, 1.82) is 0 Å². The van der Waals surface area contributed by atoms with Gasteiger partial charge >= 0.3 is 5.97 Å². The zero-order valence-electron chi connectivity index (χ0n) is 20.0. The van der Waals surface area contributed by atoms with Crippen LogP contribution in [0.5, 0.6) is 5.75 Å². The SMILES string of the molecule is CCCCCCCCC[C@H]1CC[C@H](CCc2ccc(OC(=O)CCC)c(C)c2)CC1. The lowest BCUT2D eigenvalue weighted by atomic mass is 9.77.